The summed E-state index contributed by atoms with van der Waals surface area (Å²) < 4.78 is 5.13. The predicted molar refractivity (Wildman–Crippen MR) is 37.7 cm³/mol. The first-order valence-corrected chi connectivity index (χ1v) is 3.66. The maximum atomic E-state index is 11.2. The van der Waals surface area contributed by atoms with Crippen LogP contribution in [0.1, 0.15) is 13.8 Å². The van der Waals surface area contributed by atoms with E-state index in [2.05, 4.69) is 0 Å². The fraction of sp³-hybridized carbons (Fsp3) is 0.857. The summed E-state index contributed by atoms with van der Waals surface area (Å²) in [5, 5.41) is 0. The highest BCUT2D eigenvalue weighted by Gasteiger charge is 2.23. The van der Waals surface area contributed by atoms with Crippen molar-refractivity contribution in [3.05, 3.63) is 0 Å². The molecule has 1 atom stereocenters. The summed E-state index contributed by atoms with van der Waals surface area (Å²) >= 11 is 0. The van der Waals surface area contributed by atoms with Gasteiger partial charge in [-0.3, -0.25) is 4.79 Å². The summed E-state index contributed by atoms with van der Waals surface area (Å²) in [6.45, 7) is 6.01. The Hall–Kier alpha value is -0.570. The Balaban J connectivity index is 2.51. The van der Waals surface area contributed by atoms with Crippen molar-refractivity contribution in [3.63, 3.8) is 0 Å². The molecule has 1 heterocycles. The van der Waals surface area contributed by atoms with Crippen molar-refractivity contribution in [3.8, 4) is 0 Å². The predicted octanol–water partition coefficient (Wildman–Crippen LogP) is 0.254. The molecule has 0 N–H and O–H groups in total. The van der Waals surface area contributed by atoms with Crippen molar-refractivity contribution < 1.29 is 9.53 Å². The van der Waals surface area contributed by atoms with Crippen LogP contribution in [0.15, 0.2) is 0 Å². The van der Waals surface area contributed by atoms with Crippen LogP contribution in [0.2, 0.25) is 0 Å². The van der Waals surface area contributed by atoms with Gasteiger partial charge in [-0.25, -0.2) is 0 Å². The van der Waals surface area contributed by atoms with Gasteiger partial charge >= 0.3 is 0 Å². The molecule has 10 heavy (non-hydrogen) atoms. The smallest absolute Gasteiger partial charge is 0.251 e. The van der Waals surface area contributed by atoms with Crippen LogP contribution in [0.5, 0.6) is 0 Å². The number of carbonyl (C=O) groups excluding carboxylic acids is 1. The van der Waals surface area contributed by atoms with Crippen LogP contribution in [0, 0.1) is 0 Å². The Morgan fingerprint density at radius 2 is 2.50 bits per heavy atom. The number of hydrogen-bond donors (Lipinski definition) is 0. The standard InChI is InChI=1S/C7H13NO2/c1-3-8-4-5-10-6(2)7(8)9/h6H,3-5H2,1-2H3. The molecule has 1 rings (SSSR count). The summed E-state index contributed by atoms with van der Waals surface area (Å²) in [4.78, 5) is 13.0. The Morgan fingerprint density at radius 3 is 3.00 bits per heavy atom. The molecule has 3 heteroatoms. The molecule has 0 bridgehead atoms. The molecule has 1 amide bonds. The van der Waals surface area contributed by atoms with Gasteiger partial charge < -0.3 is 9.64 Å². The lowest BCUT2D eigenvalue weighted by molar-refractivity contribution is -0.150. The third kappa shape index (κ3) is 1.29. The maximum Gasteiger partial charge on any atom is 0.251 e. The Morgan fingerprint density at radius 1 is 1.80 bits per heavy atom. The first kappa shape index (κ1) is 7.54. The topological polar surface area (TPSA) is 29.5 Å². The van der Waals surface area contributed by atoms with Gasteiger partial charge in [0.1, 0.15) is 6.10 Å². The third-order valence-electron chi connectivity index (χ3n) is 1.77. The fourth-order valence-electron chi connectivity index (χ4n) is 1.09. The zero-order valence-corrected chi connectivity index (χ0v) is 6.46. The van der Waals surface area contributed by atoms with Crippen molar-refractivity contribution in [2.45, 2.75) is 20.0 Å². The fourth-order valence-corrected chi connectivity index (χ4v) is 1.09. The molecule has 1 saturated heterocycles. The summed E-state index contributed by atoms with van der Waals surface area (Å²) in [7, 11) is 0. The van der Waals surface area contributed by atoms with Crippen LogP contribution < -0.4 is 0 Å². The highest BCUT2D eigenvalue weighted by atomic mass is 16.5. The molecule has 1 aliphatic rings. The molecule has 1 aliphatic heterocycles. The van der Waals surface area contributed by atoms with Gasteiger partial charge in [0.25, 0.3) is 5.91 Å². The van der Waals surface area contributed by atoms with Gasteiger partial charge in [0.2, 0.25) is 0 Å². The number of carbonyl (C=O) groups is 1. The average Bonchev–Trinajstić information content (AvgIpc) is 1.95. The SMILES string of the molecule is CCN1CCOC(C)C1=O. The zero-order valence-electron chi connectivity index (χ0n) is 6.46. The summed E-state index contributed by atoms with van der Waals surface area (Å²) in [5.41, 5.74) is 0. The Labute approximate surface area is 61.0 Å². The molecular formula is C7H13NO2. The van der Waals surface area contributed by atoms with Gasteiger partial charge in [-0.05, 0) is 13.8 Å². The van der Waals surface area contributed by atoms with E-state index >= 15 is 0 Å². The van der Waals surface area contributed by atoms with Crippen LogP contribution in [-0.4, -0.2) is 36.6 Å². The van der Waals surface area contributed by atoms with Gasteiger partial charge in [0.15, 0.2) is 0 Å². The van der Waals surface area contributed by atoms with E-state index in [1.54, 1.807) is 6.92 Å². The third-order valence-corrected chi connectivity index (χ3v) is 1.77. The first-order chi connectivity index (χ1) is 4.75. The minimum atomic E-state index is -0.228. The number of rotatable bonds is 1. The number of amides is 1. The van der Waals surface area contributed by atoms with E-state index in [4.69, 9.17) is 4.74 Å². The lowest BCUT2D eigenvalue weighted by Gasteiger charge is -2.29. The van der Waals surface area contributed by atoms with Crippen LogP contribution in [-0.2, 0) is 9.53 Å². The van der Waals surface area contributed by atoms with E-state index in [1.807, 2.05) is 11.8 Å². The van der Waals surface area contributed by atoms with E-state index in [0.717, 1.165) is 13.1 Å². The van der Waals surface area contributed by atoms with Crippen LogP contribution >= 0.6 is 0 Å². The van der Waals surface area contributed by atoms with Gasteiger partial charge in [0, 0.05) is 13.1 Å². The van der Waals surface area contributed by atoms with Crippen molar-refractivity contribution in [1.82, 2.24) is 4.90 Å². The minimum Gasteiger partial charge on any atom is -0.367 e. The lowest BCUT2D eigenvalue weighted by atomic mass is 10.3. The van der Waals surface area contributed by atoms with Gasteiger partial charge in [-0.1, -0.05) is 0 Å². The first-order valence-electron chi connectivity index (χ1n) is 3.66. The van der Waals surface area contributed by atoms with E-state index in [1.165, 1.54) is 0 Å². The van der Waals surface area contributed by atoms with Gasteiger partial charge in [0.05, 0.1) is 6.61 Å². The van der Waals surface area contributed by atoms with E-state index in [9.17, 15) is 4.79 Å². The van der Waals surface area contributed by atoms with E-state index in [0.29, 0.717) is 6.61 Å². The highest BCUT2D eigenvalue weighted by molar-refractivity contribution is 5.81. The van der Waals surface area contributed by atoms with Crippen molar-refractivity contribution in [2.24, 2.45) is 0 Å². The number of nitrogens with zero attached hydrogens (tertiary/aromatic N) is 1. The number of hydrogen-bond acceptors (Lipinski definition) is 2. The minimum absolute atomic E-state index is 0.119. The largest absolute Gasteiger partial charge is 0.367 e. The van der Waals surface area contributed by atoms with Crippen molar-refractivity contribution >= 4 is 5.91 Å². The molecule has 0 radical (unpaired) electrons. The molecular weight excluding hydrogens is 130 g/mol. The summed E-state index contributed by atoms with van der Waals surface area (Å²) in [5.74, 6) is 0.119. The Bertz CT molecular complexity index is 136. The molecule has 3 nitrogen and oxygen atoms in total. The number of morpholine rings is 1. The van der Waals surface area contributed by atoms with E-state index in [-0.39, 0.29) is 12.0 Å². The highest BCUT2D eigenvalue weighted by Crippen LogP contribution is 2.04. The normalized spacial score (nSPS) is 27.2. The molecule has 0 aromatic rings. The average molecular weight is 143 g/mol. The Kier molecular flexibility index (Phi) is 2.27. The van der Waals surface area contributed by atoms with Crippen LogP contribution in [0.3, 0.4) is 0 Å². The number of ether oxygens (including phenoxy) is 1. The second kappa shape index (κ2) is 3.01. The summed E-state index contributed by atoms with van der Waals surface area (Å²) in [6.07, 6.45) is -0.228. The maximum absolute atomic E-state index is 11.2. The second-order valence-corrected chi connectivity index (χ2v) is 2.43. The summed E-state index contributed by atoms with van der Waals surface area (Å²) in [6, 6.07) is 0. The zero-order chi connectivity index (χ0) is 7.56. The molecule has 1 unspecified atom stereocenters. The number of likely N-dealkylation sites (N-methyl/N-ethyl adjacent to an activating group) is 1. The molecule has 0 spiro atoms. The molecule has 58 valence electrons. The lowest BCUT2D eigenvalue weighted by Crippen LogP contribution is -2.46. The van der Waals surface area contributed by atoms with Gasteiger partial charge in [-0.15, -0.1) is 0 Å². The van der Waals surface area contributed by atoms with Crippen LogP contribution in [0.4, 0.5) is 0 Å². The molecule has 1 fully saturated rings. The molecule has 0 saturated carbocycles. The molecule has 0 aromatic carbocycles. The van der Waals surface area contributed by atoms with Crippen molar-refractivity contribution in [1.29, 1.82) is 0 Å². The quantitative estimate of drug-likeness (QED) is 0.526. The molecule has 0 aromatic heterocycles. The molecule has 0 aliphatic carbocycles. The van der Waals surface area contributed by atoms with Crippen LogP contribution in [0.25, 0.3) is 0 Å². The second-order valence-electron chi connectivity index (χ2n) is 2.43. The van der Waals surface area contributed by atoms with E-state index < -0.39 is 0 Å². The van der Waals surface area contributed by atoms with Crippen molar-refractivity contribution in [2.75, 3.05) is 19.7 Å². The monoisotopic (exact) mass is 143 g/mol. The van der Waals surface area contributed by atoms with Gasteiger partial charge in [-0.2, -0.15) is 0 Å².